The smallest absolute Gasteiger partial charge is 0.187 e. The molecule has 0 aromatic rings. The molecule has 24 atom stereocenters. The molecule has 24 unspecified atom stereocenters. The molecule has 0 radical (unpaired) electrons. The van der Waals surface area contributed by atoms with E-state index in [1.165, 1.54) is 25.2 Å². The zero-order valence-corrected chi connectivity index (χ0v) is 39.1. The third-order valence-corrected chi connectivity index (χ3v) is 16.7. The first-order chi connectivity index (χ1) is 32.2. The largest absolute Gasteiger partial charge is 0.465 e. The SMILES string of the molecule is CC1OC(OC23C(=O)CC(C)(O)CC2(O)C=CC2C3=C3OC(=C4C=CC(=O)C=C4)C4CC(C5CC(OC6CCC(OC7CC(O)C(O)C(C)O7)C(C)O6)C(O)C(C)O5)C(O)C(C2O)C34)CCC1O. The van der Waals surface area contributed by atoms with Gasteiger partial charge in [-0.15, -0.1) is 0 Å². The number of rotatable bonds is 7. The first kappa shape index (κ1) is 48.8. The number of aliphatic hydroxyl groups excluding tert-OH is 6. The normalized spacial score (nSPS) is 52.4. The molecule has 376 valence electrons. The van der Waals surface area contributed by atoms with Crippen LogP contribution in [0.4, 0.5) is 0 Å². The highest BCUT2D eigenvalue weighted by Crippen LogP contribution is 2.64. The lowest BCUT2D eigenvalue weighted by molar-refractivity contribution is -0.308. The Labute approximate surface area is 395 Å². The van der Waals surface area contributed by atoms with Gasteiger partial charge in [0.05, 0.1) is 72.7 Å². The van der Waals surface area contributed by atoms with Gasteiger partial charge in [0.2, 0.25) is 0 Å². The van der Waals surface area contributed by atoms with Crippen molar-refractivity contribution in [2.24, 2.45) is 29.6 Å². The number of allylic oxidation sites excluding steroid dienone is 7. The average Bonchev–Trinajstić information content (AvgIpc) is 3.64. The van der Waals surface area contributed by atoms with E-state index in [0.717, 1.165) is 0 Å². The summed E-state index contributed by atoms with van der Waals surface area (Å²) in [5.41, 5.74) is -5.19. The Morgan fingerprint density at radius 3 is 2.04 bits per heavy atom. The zero-order chi connectivity index (χ0) is 48.4. The first-order valence-electron chi connectivity index (χ1n) is 24.6. The van der Waals surface area contributed by atoms with E-state index in [2.05, 4.69) is 0 Å². The Morgan fingerprint density at radius 2 is 1.34 bits per heavy atom. The van der Waals surface area contributed by atoms with E-state index in [-0.39, 0.29) is 55.3 Å². The second-order valence-electron chi connectivity index (χ2n) is 21.5. The van der Waals surface area contributed by atoms with E-state index in [9.17, 15) is 50.4 Å². The molecule has 10 aliphatic rings. The van der Waals surface area contributed by atoms with Crippen molar-refractivity contribution >= 4 is 11.6 Å². The van der Waals surface area contributed by atoms with Gasteiger partial charge in [0, 0.05) is 79.3 Å². The van der Waals surface area contributed by atoms with Gasteiger partial charge in [0.1, 0.15) is 29.3 Å². The molecule has 0 amide bonds. The second kappa shape index (κ2) is 18.1. The molecule has 8 N–H and O–H groups in total. The molecule has 18 nitrogen and oxygen atoms in total. The van der Waals surface area contributed by atoms with Crippen LogP contribution < -0.4 is 0 Å². The minimum absolute atomic E-state index is 0.118. The van der Waals surface area contributed by atoms with Gasteiger partial charge in [-0.3, -0.25) is 9.59 Å². The number of carbonyl (C=O) groups excluding carboxylic acids is 2. The number of hydrogen-bond acceptors (Lipinski definition) is 18. The molecule has 0 spiro atoms. The standard InChI is InChI=1S/C50H68O18/c1-21-30(52)10-12-37(62-21)68-50-35(54)19-48(5,59)20-49(50,60)15-14-27-41(50)47-39-29(46(67-47)25-6-8-26(51)9-7-25)16-28(45(58)40(39)44(27)57)33-18-34(43(56)24(4)61-33)66-36-13-11-32(22(2)63-36)65-38-17-31(53)42(55)23(3)64-38/h6-9,14-15,21-24,27-34,36-40,42-45,52-53,55-60H,10-13,16-20H2,1-5H3. The minimum atomic E-state index is -2.20. The minimum Gasteiger partial charge on any atom is -0.465 e. The van der Waals surface area contributed by atoms with Crippen molar-refractivity contribution in [2.75, 3.05) is 0 Å². The predicted molar refractivity (Wildman–Crippen MR) is 234 cm³/mol. The lowest BCUT2D eigenvalue weighted by atomic mass is 9.51. The van der Waals surface area contributed by atoms with Gasteiger partial charge in [-0.25, -0.2) is 0 Å². The summed E-state index contributed by atoms with van der Waals surface area (Å²) in [7, 11) is 0. The van der Waals surface area contributed by atoms with Crippen LogP contribution in [0, 0.1) is 29.6 Å². The fraction of sp³-hybridized carbons (Fsp3) is 0.760. The summed E-state index contributed by atoms with van der Waals surface area (Å²) >= 11 is 0. The van der Waals surface area contributed by atoms with Crippen LogP contribution in [-0.2, 0) is 47.5 Å². The van der Waals surface area contributed by atoms with Gasteiger partial charge in [0.15, 0.2) is 36.0 Å². The molecule has 0 aromatic carbocycles. The van der Waals surface area contributed by atoms with Crippen LogP contribution >= 0.6 is 0 Å². The summed E-state index contributed by atoms with van der Waals surface area (Å²) in [5.74, 6) is -4.02. The van der Waals surface area contributed by atoms with Crippen molar-refractivity contribution in [3.8, 4) is 0 Å². The number of aliphatic hydroxyl groups is 8. The highest BCUT2D eigenvalue weighted by molar-refractivity contribution is 6.01. The quantitative estimate of drug-likeness (QED) is 0.167. The monoisotopic (exact) mass is 956 g/mol. The van der Waals surface area contributed by atoms with Gasteiger partial charge in [-0.1, -0.05) is 12.2 Å². The van der Waals surface area contributed by atoms with Crippen LogP contribution in [0.5, 0.6) is 0 Å². The highest BCUT2D eigenvalue weighted by atomic mass is 16.7. The van der Waals surface area contributed by atoms with Crippen molar-refractivity contribution in [1.29, 1.82) is 0 Å². The highest BCUT2D eigenvalue weighted by Gasteiger charge is 2.72. The molecule has 10 rings (SSSR count). The number of carbonyl (C=O) groups is 2. The number of ether oxygens (including phenoxy) is 8. The Morgan fingerprint density at radius 1 is 0.662 bits per heavy atom. The van der Waals surface area contributed by atoms with Crippen molar-refractivity contribution in [1.82, 2.24) is 0 Å². The summed E-state index contributed by atoms with van der Waals surface area (Å²) < 4.78 is 51.2. The topological polar surface area (TPSA) is 270 Å². The number of fused-ring (bicyclic) bond motifs is 3. The molecule has 0 aromatic heterocycles. The molecular formula is C50H68O18. The Kier molecular flexibility index (Phi) is 13.0. The van der Waals surface area contributed by atoms with Gasteiger partial charge in [-0.2, -0.15) is 0 Å². The maximum absolute atomic E-state index is 14.9. The van der Waals surface area contributed by atoms with Crippen LogP contribution in [0.1, 0.15) is 92.4 Å². The molecule has 2 saturated carbocycles. The molecule has 5 aliphatic carbocycles. The van der Waals surface area contributed by atoms with Crippen LogP contribution in [0.2, 0.25) is 0 Å². The van der Waals surface area contributed by atoms with Gasteiger partial charge in [0.25, 0.3) is 0 Å². The van der Waals surface area contributed by atoms with Crippen LogP contribution in [-0.4, -0.2) is 167 Å². The van der Waals surface area contributed by atoms with E-state index in [1.54, 1.807) is 39.0 Å². The third kappa shape index (κ3) is 8.26. The zero-order valence-electron chi connectivity index (χ0n) is 39.1. The maximum Gasteiger partial charge on any atom is 0.187 e. The Balaban J connectivity index is 0.957. The third-order valence-electron chi connectivity index (χ3n) is 16.7. The summed E-state index contributed by atoms with van der Waals surface area (Å²) in [6.45, 7) is 8.43. The molecular weight excluding hydrogens is 889 g/mol. The van der Waals surface area contributed by atoms with Crippen LogP contribution in [0.15, 0.2) is 59.1 Å². The molecule has 5 aliphatic heterocycles. The summed E-state index contributed by atoms with van der Waals surface area (Å²) in [6, 6.07) is 0. The molecule has 68 heavy (non-hydrogen) atoms. The van der Waals surface area contributed by atoms with E-state index >= 15 is 0 Å². The number of ketones is 2. The Bertz CT molecular complexity index is 2100. The second-order valence-corrected chi connectivity index (χ2v) is 21.5. The van der Waals surface area contributed by atoms with E-state index in [1.807, 2.05) is 6.92 Å². The Hall–Kier alpha value is -2.76. The lowest BCUT2D eigenvalue weighted by Crippen LogP contribution is -2.72. The summed E-state index contributed by atoms with van der Waals surface area (Å²) in [6.07, 6.45) is -2.69. The first-order valence-corrected chi connectivity index (χ1v) is 24.6. The van der Waals surface area contributed by atoms with E-state index in [0.29, 0.717) is 30.6 Å². The average molecular weight is 957 g/mol. The van der Waals surface area contributed by atoms with Gasteiger partial charge >= 0.3 is 0 Å². The van der Waals surface area contributed by atoms with E-state index < -0.39 is 151 Å². The summed E-state index contributed by atoms with van der Waals surface area (Å²) in [5, 5.41) is 92.1. The summed E-state index contributed by atoms with van der Waals surface area (Å²) in [4.78, 5) is 27.4. The molecule has 5 heterocycles. The number of Topliss-reactive ketones (excluding diaryl/α,β-unsaturated/α-hetero) is 1. The molecule has 5 saturated heterocycles. The molecule has 0 bridgehead atoms. The van der Waals surface area contributed by atoms with Gasteiger partial charge < -0.3 is 78.7 Å². The van der Waals surface area contributed by atoms with Crippen LogP contribution in [0.25, 0.3) is 0 Å². The van der Waals surface area contributed by atoms with Gasteiger partial charge in [-0.05, 0) is 78.2 Å². The van der Waals surface area contributed by atoms with Crippen LogP contribution in [0.3, 0.4) is 0 Å². The molecule has 7 fully saturated rings. The van der Waals surface area contributed by atoms with Crippen molar-refractivity contribution in [3.63, 3.8) is 0 Å². The van der Waals surface area contributed by atoms with Crippen molar-refractivity contribution < 1.29 is 88.3 Å². The van der Waals surface area contributed by atoms with Crippen molar-refractivity contribution in [2.45, 2.75) is 207 Å². The lowest BCUT2D eigenvalue weighted by Gasteiger charge is -2.59. The van der Waals surface area contributed by atoms with Crippen molar-refractivity contribution in [3.05, 3.63) is 59.1 Å². The fourth-order valence-electron chi connectivity index (χ4n) is 13.3. The fourth-order valence-corrected chi connectivity index (χ4v) is 13.3. The maximum atomic E-state index is 14.9. The molecule has 18 heteroatoms. The van der Waals surface area contributed by atoms with E-state index in [4.69, 9.17) is 37.9 Å². The predicted octanol–water partition coefficient (Wildman–Crippen LogP) is 1.19. The number of hydrogen-bond donors (Lipinski definition) is 8.